The van der Waals surface area contributed by atoms with Gasteiger partial charge >= 0.3 is 0 Å². The number of carbonyl (C=O) groups is 1. The van der Waals surface area contributed by atoms with E-state index in [1.54, 1.807) is 6.20 Å². The van der Waals surface area contributed by atoms with Crippen LogP contribution < -0.4 is 5.73 Å². The second-order valence-corrected chi connectivity index (χ2v) is 3.45. The number of hydrogen-bond acceptors (Lipinski definition) is 3. The minimum Gasteiger partial charge on any atom is -0.386 e. The predicted octanol–water partition coefficient (Wildman–Crippen LogP) is 0.727. The Balaban J connectivity index is 2.48. The van der Waals surface area contributed by atoms with Crippen molar-refractivity contribution in [3.8, 4) is 0 Å². The third-order valence-electron chi connectivity index (χ3n) is 2.46. The van der Waals surface area contributed by atoms with Crippen LogP contribution in [-0.4, -0.2) is 22.4 Å². The standard InChI is InChI=1S/C11H12N2O2/c12-9(6-14)11(15)8-5-13-10-4-2-1-3-7(8)10/h1-6,9,11,13,15H,12H2/t9-,11?/m1/s1. The topological polar surface area (TPSA) is 79.1 Å². The van der Waals surface area contributed by atoms with Crippen LogP contribution in [-0.2, 0) is 4.79 Å². The molecule has 0 saturated heterocycles. The van der Waals surface area contributed by atoms with Gasteiger partial charge in [-0.25, -0.2) is 0 Å². The number of aliphatic hydroxyl groups is 1. The van der Waals surface area contributed by atoms with Gasteiger partial charge in [-0.2, -0.15) is 0 Å². The number of carbonyl (C=O) groups excluding carboxylic acids is 1. The third-order valence-corrected chi connectivity index (χ3v) is 2.46. The quantitative estimate of drug-likeness (QED) is 0.645. The second-order valence-electron chi connectivity index (χ2n) is 3.45. The molecule has 0 saturated carbocycles. The SMILES string of the molecule is N[C@H](C=O)C(O)c1c[nH]c2ccccc12. The van der Waals surface area contributed by atoms with Gasteiger partial charge in [0.05, 0.1) is 6.04 Å². The summed E-state index contributed by atoms with van der Waals surface area (Å²) >= 11 is 0. The molecule has 0 aliphatic rings. The van der Waals surface area contributed by atoms with E-state index in [1.165, 1.54) is 0 Å². The molecule has 0 spiro atoms. The molecule has 15 heavy (non-hydrogen) atoms. The molecule has 4 N–H and O–H groups in total. The lowest BCUT2D eigenvalue weighted by Crippen LogP contribution is -2.29. The number of aldehydes is 1. The smallest absolute Gasteiger partial charge is 0.139 e. The predicted molar refractivity (Wildman–Crippen MR) is 57.3 cm³/mol. The van der Waals surface area contributed by atoms with Crippen molar-refractivity contribution in [1.82, 2.24) is 4.98 Å². The molecule has 0 fully saturated rings. The van der Waals surface area contributed by atoms with Crippen molar-refractivity contribution in [2.75, 3.05) is 0 Å². The molecule has 4 nitrogen and oxygen atoms in total. The fraction of sp³-hybridized carbons (Fsp3) is 0.182. The van der Waals surface area contributed by atoms with Crippen molar-refractivity contribution in [3.63, 3.8) is 0 Å². The number of benzene rings is 1. The molecule has 78 valence electrons. The average Bonchev–Trinajstić information content (AvgIpc) is 2.70. The maximum absolute atomic E-state index is 10.5. The van der Waals surface area contributed by atoms with Crippen LogP contribution in [0.15, 0.2) is 30.5 Å². The molecule has 1 aromatic carbocycles. The summed E-state index contributed by atoms with van der Waals surface area (Å²) in [5, 5.41) is 10.7. The van der Waals surface area contributed by atoms with Gasteiger partial charge in [0.2, 0.25) is 0 Å². The van der Waals surface area contributed by atoms with Crippen LogP contribution in [0.1, 0.15) is 11.7 Å². The van der Waals surface area contributed by atoms with E-state index < -0.39 is 12.1 Å². The van der Waals surface area contributed by atoms with Crippen molar-refractivity contribution in [3.05, 3.63) is 36.0 Å². The highest BCUT2D eigenvalue weighted by Crippen LogP contribution is 2.24. The zero-order chi connectivity index (χ0) is 10.8. The van der Waals surface area contributed by atoms with Gasteiger partial charge in [-0.1, -0.05) is 18.2 Å². The molecule has 2 aromatic rings. The van der Waals surface area contributed by atoms with Gasteiger partial charge in [0.25, 0.3) is 0 Å². The van der Waals surface area contributed by atoms with Crippen LogP contribution in [0.3, 0.4) is 0 Å². The lowest BCUT2D eigenvalue weighted by molar-refractivity contribution is -0.111. The first-order valence-corrected chi connectivity index (χ1v) is 4.69. The Hall–Kier alpha value is -1.65. The fourth-order valence-corrected chi connectivity index (χ4v) is 1.62. The van der Waals surface area contributed by atoms with E-state index >= 15 is 0 Å². The number of hydrogen-bond donors (Lipinski definition) is 3. The average molecular weight is 204 g/mol. The van der Waals surface area contributed by atoms with Crippen LogP contribution in [0.4, 0.5) is 0 Å². The Morgan fingerprint density at radius 3 is 2.87 bits per heavy atom. The molecular weight excluding hydrogens is 192 g/mol. The molecule has 1 unspecified atom stereocenters. The molecule has 0 aliphatic carbocycles. The number of H-pyrrole nitrogens is 1. The molecule has 2 atom stereocenters. The van der Waals surface area contributed by atoms with Gasteiger partial charge in [-0.15, -0.1) is 0 Å². The van der Waals surface area contributed by atoms with Crippen LogP contribution in [0.25, 0.3) is 10.9 Å². The third kappa shape index (κ3) is 1.65. The molecule has 4 heteroatoms. The lowest BCUT2D eigenvalue weighted by atomic mass is 10.0. The molecule has 0 aliphatic heterocycles. The van der Waals surface area contributed by atoms with Crippen LogP contribution in [0, 0.1) is 0 Å². The van der Waals surface area contributed by atoms with Gasteiger partial charge in [-0.05, 0) is 6.07 Å². The minimum atomic E-state index is -0.960. The van der Waals surface area contributed by atoms with Crippen molar-refractivity contribution in [1.29, 1.82) is 0 Å². The maximum Gasteiger partial charge on any atom is 0.139 e. The number of rotatable bonds is 3. The lowest BCUT2D eigenvalue weighted by Gasteiger charge is -2.12. The van der Waals surface area contributed by atoms with Crippen molar-refractivity contribution in [2.45, 2.75) is 12.1 Å². The normalized spacial score (nSPS) is 15.1. The Labute approximate surface area is 86.7 Å². The van der Waals surface area contributed by atoms with E-state index in [2.05, 4.69) is 4.98 Å². The molecule has 1 aromatic heterocycles. The Kier molecular flexibility index (Phi) is 2.53. The van der Waals surface area contributed by atoms with Gasteiger partial charge in [0.15, 0.2) is 0 Å². The first-order chi connectivity index (χ1) is 7.24. The summed E-state index contributed by atoms with van der Waals surface area (Å²) in [6, 6.07) is 6.66. The Bertz CT molecular complexity index is 478. The van der Waals surface area contributed by atoms with Crippen LogP contribution >= 0.6 is 0 Å². The van der Waals surface area contributed by atoms with Gasteiger partial charge in [0, 0.05) is 22.7 Å². The number of fused-ring (bicyclic) bond motifs is 1. The van der Waals surface area contributed by atoms with Crippen LogP contribution in [0.5, 0.6) is 0 Å². The van der Waals surface area contributed by atoms with Crippen molar-refractivity contribution >= 4 is 17.2 Å². The van der Waals surface area contributed by atoms with Crippen molar-refractivity contribution in [2.24, 2.45) is 5.73 Å². The highest BCUT2D eigenvalue weighted by molar-refractivity contribution is 5.84. The zero-order valence-corrected chi connectivity index (χ0v) is 8.05. The van der Waals surface area contributed by atoms with E-state index in [1.807, 2.05) is 24.3 Å². The number of nitrogens with one attached hydrogen (secondary N) is 1. The second kappa shape index (κ2) is 3.84. The van der Waals surface area contributed by atoms with E-state index in [0.29, 0.717) is 11.8 Å². The number of para-hydroxylation sites is 1. The molecular formula is C11H12N2O2. The molecule has 0 bridgehead atoms. The molecule has 2 rings (SSSR count). The monoisotopic (exact) mass is 204 g/mol. The van der Waals surface area contributed by atoms with E-state index in [0.717, 1.165) is 10.9 Å². The highest BCUT2D eigenvalue weighted by atomic mass is 16.3. The first kappa shape index (κ1) is 9.89. The summed E-state index contributed by atoms with van der Waals surface area (Å²) in [5.74, 6) is 0. The Morgan fingerprint density at radius 2 is 2.13 bits per heavy atom. The fourth-order valence-electron chi connectivity index (χ4n) is 1.62. The largest absolute Gasteiger partial charge is 0.386 e. The van der Waals surface area contributed by atoms with E-state index in [9.17, 15) is 9.90 Å². The van der Waals surface area contributed by atoms with Gasteiger partial charge in [0.1, 0.15) is 12.4 Å². The number of nitrogens with two attached hydrogens (primary N) is 1. The maximum atomic E-state index is 10.5. The van der Waals surface area contributed by atoms with Crippen LogP contribution in [0.2, 0.25) is 0 Å². The number of aromatic nitrogens is 1. The zero-order valence-electron chi connectivity index (χ0n) is 8.05. The number of aliphatic hydroxyl groups excluding tert-OH is 1. The molecule has 1 heterocycles. The van der Waals surface area contributed by atoms with Gasteiger partial charge in [-0.3, -0.25) is 0 Å². The summed E-state index contributed by atoms with van der Waals surface area (Å²) < 4.78 is 0. The van der Waals surface area contributed by atoms with Gasteiger partial charge < -0.3 is 20.6 Å². The molecule has 0 radical (unpaired) electrons. The summed E-state index contributed by atoms with van der Waals surface area (Å²) in [6.45, 7) is 0. The summed E-state index contributed by atoms with van der Waals surface area (Å²) in [5.41, 5.74) is 7.05. The van der Waals surface area contributed by atoms with Crippen molar-refractivity contribution < 1.29 is 9.90 Å². The number of aromatic amines is 1. The van der Waals surface area contributed by atoms with E-state index in [4.69, 9.17) is 5.73 Å². The molecule has 0 amide bonds. The van der Waals surface area contributed by atoms with E-state index in [-0.39, 0.29) is 0 Å². The highest BCUT2D eigenvalue weighted by Gasteiger charge is 2.19. The Morgan fingerprint density at radius 1 is 1.40 bits per heavy atom. The summed E-state index contributed by atoms with van der Waals surface area (Å²) in [6.07, 6.45) is 1.27. The summed E-state index contributed by atoms with van der Waals surface area (Å²) in [4.78, 5) is 13.5. The first-order valence-electron chi connectivity index (χ1n) is 4.69. The minimum absolute atomic E-state index is 0.548. The summed E-state index contributed by atoms with van der Waals surface area (Å²) in [7, 11) is 0.